The Hall–Kier alpha value is -1.03. The number of aliphatic imine (C=N–C) groups is 1. The van der Waals surface area contributed by atoms with Crippen LogP contribution in [-0.4, -0.2) is 16.5 Å². The molecule has 0 fully saturated rings. The van der Waals surface area contributed by atoms with Crippen LogP contribution in [0.1, 0.15) is 19.4 Å². The molecule has 16 heavy (non-hydrogen) atoms. The summed E-state index contributed by atoms with van der Waals surface area (Å²) >= 11 is 1.70. The Kier molecular flexibility index (Phi) is 2.93. The highest BCUT2D eigenvalue weighted by molar-refractivity contribution is 8.14. The largest absolute Gasteiger partial charge is 0.335 e. The highest BCUT2D eigenvalue weighted by Gasteiger charge is 2.25. The van der Waals surface area contributed by atoms with Gasteiger partial charge in [-0.05, 0) is 44.5 Å². The number of nitrogens with zero attached hydrogens (tertiary/aromatic N) is 1. The first-order valence-electron chi connectivity index (χ1n) is 5.22. The van der Waals surface area contributed by atoms with Crippen LogP contribution in [0, 0.1) is 12.7 Å². The average Bonchev–Trinajstić information content (AvgIpc) is 2.51. The first-order valence-corrected chi connectivity index (χ1v) is 6.21. The monoisotopic (exact) mass is 238 g/mol. The van der Waals surface area contributed by atoms with Crippen molar-refractivity contribution >= 4 is 22.6 Å². The number of hydrogen-bond donors (Lipinski definition) is 1. The fourth-order valence-electron chi connectivity index (χ4n) is 1.53. The quantitative estimate of drug-likeness (QED) is 0.810. The van der Waals surface area contributed by atoms with E-state index in [-0.39, 0.29) is 11.4 Å². The number of anilines is 1. The lowest BCUT2D eigenvalue weighted by Crippen LogP contribution is -2.15. The molecule has 0 spiro atoms. The topological polar surface area (TPSA) is 24.4 Å². The third-order valence-corrected chi connectivity index (χ3v) is 3.71. The molecule has 1 aliphatic heterocycles. The van der Waals surface area contributed by atoms with Gasteiger partial charge in [-0.2, -0.15) is 0 Å². The molecule has 1 aromatic carbocycles. The maximum atomic E-state index is 12.9. The van der Waals surface area contributed by atoms with Crippen LogP contribution in [0.5, 0.6) is 0 Å². The standard InChI is InChI=1S/C12H15FN2S/c1-8-6-9(13)4-5-10(8)14-11-15-12(2,3)7-16-11/h4-6H,7H2,1-3H3,(H,14,15). The highest BCUT2D eigenvalue weighted by atomic mass is 32.2. The summed E-state index contributed by atoms with van der Waals surface area (Å²) in [5.74, 6) is 0.777. The summed E-state index contributed by atoms with van der Waals surface area (Å²) in [5, 5.41) is 4.15. The molecule has 1 heterocycles. The molecule has 1 aromatic rings. The van der Waals surface area contributed by atoms with Crippen LogP contribution in [-0.2, 0) is 0 Å². The summed E-state index contributed by atoms with van der Waals surface area (Å²) in [5.41, 5.74) is 1.82. The van der Waals surface area contributed by atoms with E-state index in [0.29, 0.717) is 0 Å². The van der Waals surface area contributed by atoms with Gasteiger partial charge in [-0.3, -0.25) is 4.99 Å². The van der Waals surface area contributed by atoms with E-state index in [0.717, 1.165) is 22.2 Å². The van der Waals surface area contributed by atoms with Gasteiger partial charge in [0.2, 0.25) is 0 Å². The Morgan fingerprint density at radius 1 is 1.44 bits per heavy atom. The van der Waals surface area contributed by atoms with Crippen LogP contribution >= 0.6 is 11.8 Å². The number of hydrogen-bond acceptors (Lipinski definition) is 3. The van der Waals surface area contributed by atoms with Crippen molar-refractivity contribution in [1.29, 1.82) is 0 Å². The van der Waals surface area contributed by atoms with E-state index in [2.05, 4.69) is 24.2 Å². The lowest BCUT2D eigenvalue weighted by molar-refractivity contribution is 0.605. The number of nitrogens with one attached hydrogen (secondary N) is 1. The van der Waals surface area contributed by atoms with Gasteiger partial charge in [0.1, 0.15) is 5.82 Å². The van der Waals surface area contributed by atoms with Crippen LogP contribution in [0.2, 0.25) is 0 Å². The van der Waals surface area contributed by atoms with Gasteiger partial charge in [0.05, 0.1) is 5.54 Å². The molecule has 2 rings (SSSR count). The number of amidine groups is 1. The summed E-state index contributed by atoms with van der Waals surface area (Å²) < 4.78 is 12.9. The first-order chi connectivity index (χ1) is 7.46. The van der Waals surface area contributed by atoms with Gasteiger partial charge >= 0.3 is 0 Å². The molecule has 0 radical (unpaired) electrons. The lowest BCUT2D eigenvalue weighted by Gasteiger charge is -2.10. The van der Waals surface area contributed by atoms with E-state index in [9.17, 15) is 4.39 Å². The van der Waals surface area contributed by atoms with Gasteiger partial charge in [-0.1, -0.05) is 11.8 Å². The Labute approximate surface area is 99.3 Å². The summed E-state index contributed by atoms with van der Waals surface area (Å²) in [6.07, 6.45) is 0. The second kappa shape index (κ2) is 4.09. The Bertz CT molecular complexity index is 441. The van der Waals surface area contributed by atoms with Crippen molar-refractivity contribution in [2.24, 2.45) is 4.99 Å². The number of rotatable bonds is 1. The summed E-state index contributed by atoms with van der Waals surface area (Å²) in [7, 11) is 0. The van der Waals surface area contributed by atoms with Gasteiger partial charge < -0.3 is 5.32 Å². The molecule has 0 atom stereocenters. The van der Waals surface area contributed by atoms with Crippen molar-refractivity contribution in [1.82, 2.24) is 0 Å². The Morgan fingerprint density at radius 2 is 2.19 bits per heavy atom. The Balaban J connectivity index is 2.16. The third kappa shape index (κ3) is 2.55. The minimum atomic E-state index is -0.204. The van der Waals surface area contributed by atoms with Gasteiger partial charge in [0, 0.05) is 11.4 Å². The molecule has 0 saturated heterocycles. The molecule has 0 unspecified atom stereocenters. The van der Waals surface area contributed by atoms with Crippen LogP contribution in [0.3, 0.4) is 0 Å². The zero-order valence-electron chi connectivity index (χ0n) is 9.67. The number of aryl methyl sites for hydroxylation is 1. The van der Waals surface area contributed by atoms with Crippen LogP contribution in [0.4, 0.5) is 10.1 Å². The van der Waals surface area contributed by atoms with Crippen molar-refractivity contribution in [3.63, 3.8) is 0 Å². The molecule has 0 bridgehead atoms. The van der Waals surface area contributed by atoms with Crippen LogP contribution in [0.25, 0.3) is 0 Å². The maximum absolute atomic E-state index is 12.9. The van der Waals surface area contributed by atoms with Crippen molar-refractivity contribution in [2.45, 2.75) is 26.3 Å². The van der Waals surface area contributed by atoms with Gasteiger partial charge in [-0.25, -0.2) is 4.39 Å². The summed E-state index contributed by atoms with van der Waals surface area (Å²) in [6.45, 7) is 6.09. The van der Waals surface area contributed by atoms with E-state index >= 15 is 0 Å². The molecule has 0 aromatic heterocycles. The SMILES string of the molecule is Cc1cc(F)ccc1NC1=NC(C)(C)CS1. The Morgan fingerprint density at radius 3 is 2.75 bits per heavy atom. The van der Waals surface area contributed by atoms with Crippen molar-refractivity contribution in [3.05, 3.63) is 29.6 Å². The van der Waals surface area contributed by atoms with Gasteiger partial charge in [0.25, 0.3) is 0 Å². The van der Waals surface area contributed by atoms with E-state index < -0.39 is 0 Å². The number of halogens is 1. The molecule has 0 aliphatic carbocycles. The van der Waals surface area contributed by atoms with Crippen molar-refractivity contribution in [2.75, 3.05) is 11.1 Å². The molecule has 2 nitrogen and oxygen atoms in total. The van der Waals surface area contributed by atoms with Crippen molar-refractivity contribution < 1.29 is 4.39 Å². The maximum Gasteiger partial charge on any atom is 0.161 e. The van der Waals surface area contributed by atoms with Crippen LogP contribution in [0.15, 0.2) is 23.2 Å². The predicted octanol–water partition coefficient (Wildman–Crippen LogP) is 3.43. The van der Waals surface area contributed by atoms with E-state index in [4.69, 9.17) is 0 Å². The minimum Gasteiger partial charge on any atom is -0.335 e. The van der Waals surface area contributed by atoms with Crippen molar-refractivity contribution in [3.8, 4) is 0 Å². The molecule has 86 valence electrons. The molecule has 0 amide bonds. The minimum absolute atomic E-state index is 0.000928. The molecule has 0 saturated carbocycles. The zero-order chi connectivity index (χ0) is 11.8. The van der Waals surface area contributed by atoms with Gasteiger partial charge in [-0.15, -0.1) is 0 Å². The second-order valence-corrected chi connectivity index (χ2v) is 5.57. The number of benzene rings is 1. The first kappa shape index (κ1) is 11.5. The summed E-state index contributed by atoms with van der Waals surface area (Å²) in [6, 6.07) is 4.73. The normalized spacial score (nSPS) is 18.4. The fourth-order valence-corrected chi connectivity index (χ4v) is 2.58. The lowest BCUT2D eigenvalue weighted by atomic mass is 10.1. The molecular weight excluding hydrogens is 223 g/mol. The van der Waals surface area contributed by atoms with Crippen LogP contribution < -0.4 is 5.32 Å². The summed E-state index contributed by atoms with van der Waals surface area (Å²) in [4.78, 5) is 4.55. The number of thioether (sulfide) groups is 1. The van der Waals surface area contributed by atoms with E-state index in [1.54, 1.807) is 17.8 Å². The molecular formula is C12H15FN2S. The average molecular weight is 238 g/mol. The second-order valence-electron chi connectivity index (χ2n) is 4.60. The highest BCUT2D eigenvalue weighted by Crippen LogP contribution is 2.28. The molecule has 1 N–H and O–H groups in total. The smallest absolute Gasteiger partial charge is 0.161 e. The van der Waals surface area contributed by atoms with E-state index in [1.807, 2.05) is 6.92 Å². The molecule has 1 aliphatic rings. The predicted molar refractivity (Wildman–Crippen MR) is 68.7 cm³/mol. The zero-order valence-corrected chi connectivity index (χ0v) is 10.5. The van der Waals surface area contributed by atoms with E-state index in [1.165, 1.54) is 12.1 Å². The molecule has 4 heteroatoms. The third-order valence-electron chi connectivity index (χ3n) is 2.40. The van der Waals surface area contributed by atoms with Gasteiger partial charge in [0.15, 0.2) is 5.17 Å². The fraction of sp³-hybridized carbons (Fsp3) is 0.417.